The molecule has 0 saturated heterocycles. The number of hydrogen-bond donors (Lipinski definition) is 1. The van der Waals surface area contributed by atoms with Crippen LogP contribution in [0.5, 0.6) is 0 Å². The molecule has 0 aromatic heterocycles. The van der Waals surface area contributed by atoms with Gasteiger partial charge in [-0.25, -0.2) is 0 Å². The van der Waals surface area contributed by atoms with Gasteiger partial charge >= 0.3 is 6.18 Å². The molecule has 1 aliphatic rings. The Kier molecular flexibility index (Phi) is 5.38. The number of hydrogen-bond acceptors (Lipinski definition) is 2. The van der Waals surface area contributed by atoms with Gasteiger partial charge in [0, 0.05) is 11.3 Å². The average molecular weight is 303 g/mol. The van der Waals surface area contributed by atoms with Gasteiger partial charge < -0.3 is 0 Å². The van der Waals surface area contributed by atoms with Crippen LogP contribution in [0, 0.1) is 0 Å². The summed E-state index contributed by atoms with van der Waals surface area (Å²) in [7, 11) is 0. The minimum absolute atomic E-state index is 0.0643. The highest BCUT2D eigenvalue weighted by atomic mass is 32.2. The highest BCUT2D eigenvalue weighted by Crippen LogP contribution is 2.36. The van der Waals surface area contributed by atoms with Crippen LogP contribution < -0.4 is 5.32 Å². The summed E-state index contributed by atoms with van der Waals surface area (Å²) in [5.74, 6) is 0. The topological polar surface area (TPSA) is 12.0 Å². The van der Waals surface area contributed by atoms with Gasteiger partial charge in [-0.15, -0.1) is 0 Å². The first-order valence-corrected chi connectivity index (χ1v) is 8.21. The molecule has 0 aliphatic heterocycles. The minimum atomic E-state index is -4.26. The zero-order valence-corrected chi connectivity index (χ0v) is 12.3. The van der Waals surface area contributed by atoms with Crippen LogP contribution in [0.15, 0.2) is 30.3 Å². The van der Waals surface area contributed by atoms with E-state index < -0.39 is 12.2 Å². The summed E-state index contributed by atoms with van der Waals surface area (Å²) in [6, 6.07) is 6.50. The van der Waals surface area contributed by atoms with Crippen molar-refractivity contribution >= 4 is 11.8 Å². The summed E-state index contributed by atoms with van der Waals surface area (Å²) in [6.45, 7) is 0. The molecular formula is C15H20F3NS. The van der Waals surface area contributed by atoms with E-state index in [0.29, 0.717) is 5.56 Å². The predicted octanol–water partition coefficient (Wildman–Crippen LogP) is 4.55. The Morgan fingerprint density at radius 3 is 2.40 bits per heavy atom. The number of rotatable bonds is 4. The quantitative estimate of drug-likeness (QED) is 0.875. The Labute approximate surface area is 122 Å². The summed E-state index contributed by atoms with van der Waals surface area (Å²) in [6.07, 6.45) is 1.67. The van der Waals surface area contributed by atoms with Crippen molar-refractivity contribution in [1.29, 1.82) is 0 Å². The molecule has 3 atom stereocenters. The van der Waals surface area contributed by atoms with Crippen molar-refractivity contribution in [2.75, 3.05) is 6.26 Å². The lowest BCUT2D eigenvalue weighted by molar-refractivity contribution is -0.160. The van der Waals surface area contributed by atoms with E-state index >= 15 is 0 Å². The van der Waals surface area contributed by atoms with E-state index in [9.17, 15) is 13.2 Å². The van der Waals surface area contributed by atoms with Crippen LogP contribution in [0.1, 0.15) is 37.3 Å². The molecule has 1 nitrogen and oxygen atoms in total. The molecule has 1 fully saturated rings. The first kappa shape index (κ1) is 15.7. The molecule has 5 heteroatoms. The summed E-state index contributed by atoms with van der Waals surface area (Å²) in [4.78, 5) is 0. The second-order valence-corrected chi connectivity index (χ2v) is 6.29. The fourth-order valence-corrected chi connectivity index (χ4v) is 3.75. The molecule has 0 spiro atoms. The zero-order valence-electron chi connectivity index (χ0n) is 11.5. The first-order valence-electron chi connectivity index (χ1n) is 6.93. The van der Waals surface area contributed by atoms with Crippen molar-refractivity contribution in [2.24, 2.45) is 0 Å². The molecule has 1 aromatic carbocycles. The molecule has 1 aromatic rings. The van der Waals surface area contributed by atoms with Gasteiger partial charge in [-0.3, -0.25) is 5.32 Å². The second-order valence-electron chi connectivity index (χ2n) is 5.22. The Morgan fingerprint density at radius 1 is 1.15 bits per heavy atom. The van der Waals surface area contributed by atoms with Gasteiger partial charge in [0.15, 0.2) is 0 Å². The van der Waals surface area contributed by atoms with Crippen molar-refractivity contribution in [3.63, 3.8) is 0 Å². The Hall–Kier alpha value is -0.680. The van der Waals surface area contributed by atoms with Gasteiger partial charge in [-0.05, 0) is 24.7 Å². The van der Waals surface area contributed by atoms with E-state index in [1.807, 2.05) is 6.26 Å². The Balaban J connectivity index is 2.16. The molecule has 1 N–H and O–H groups in total. The molecule has 0 amide bonds. The highest BCUT2D eigenvalue weighted by Gasteiger charge is 2.42. The van der Waals surface area contributed by atoms with Crippen LogP contribution in [0.3, 0.4) is 0 Å². The van der Waals surface area contributed by atoms with Crippen molar-refractivity contribution in [2.45, 2.75) is 49.2 Å². The fraction of sp³-hybridized carbons (Fsp3) is 0.600. The van der Waals surface area contributed by atoms with Gasteiger partial charge in [0.05, 0.1) is 0 Å². The second kappa shape index (κ2) is 6.85. The SMILES string of the molecule is CSC1CCCCC1NC(c1ccccc1)C(F)(F)F. The Bertz CT molecular complexity index is 407. The maximum Gasteiger partial charge on any atom is 0.407 e. The van der Waals surface area contributed by atoms with Crippen LogP contribution in [-0.2, 0) is 0 Å². The molecule has 1 aliphatic carbocycles. The van der Waals surface area contributed by atoms with E-state index in [0.717, 1.165) is 25.7 Å². The lowest BCUT2D eigenvalue weighted by Gasteiger charge is -2.35. The molecule has 0 radical (unpaired) electrons. The average Bonchev–Trinajstić information content (AvgIpc) is 2.45. The lowest BCUT2D eigenvalue weighted by atomic mass is 9.93. The van der Waals surface area contributed by atoms with Crippen molar-refractivity contribution in [3.05, 3.63) is 35.9 Å². The molecule has 0 bridgehead atoms. The van der Waals surface area contributed by atoms with Crippen LogP contribution in [-0.4, -0.2) is 23.7 Å². The maximum absolute atomic E-state index is 13.3. The van der Waals surface area contributed by atoms with Crippen LogP contribution in [0.2, 0.25) is 0 Å². The lowest BCUT2D eigenvalue weighted by Crippen LogP contribution is -2.46. The summed E-state index contributed by atoms with van der Waals surface area (Å²) in [5, 5.41) is 3.14. The predicted molar refractivity (Wildman–Crippen MR) is 77.9 cm³/mol. The van der Waals surface area contributed by atoms with E-state index in [-0.39, 0.29) is 11.3 Å². The molecule has 0 heterocycles. The van der Waals surface area contributed by atoms with E-state index in [2.05, 4.69) is 5.32 Å². The number of thioether (sulfide) groups is 1. The largest absolute Gasteiger partial charge is 0.407 e. The number of nitrogens with one attached hydrogen (secondary N) is 1. The molecule has 112 valence electrons. The third-order valence-electron chi connectivity index (χ3n) is 3.85. The van der Waals surface area contributed by atoms with E-state index in [1.54, 1.807) is 42.1 Å². The number of halogens is 3. The smallest absolute Gasteiger partial charge is 0.299 e. The molecule has 3 unspecified atom stereocenters. The monoisotopic (exact) mass is 303 g/mol. The number of alkyl halides is 3. The van der Waals surface area contributed by atoms with Gasteiger partial charge in [0.25, 0.3) is 0 Å². The summed E-state index contributed by atoms with van der Waals surface area (Å²) >= 11 is 1.67. The van der Waals surface area contributed by atoms with Gasteiger partial charge in [-0.1, -0.05) is 43.2 Å². The number of benzene rings is 1. The van der Waals surface area contributed by atoms with E-state index in [1.165, 1.54) is 0 Å². The van der Waals surface area contributed by atoms with Gasteiger partial charge in [0.1, 0.15) is 6.04 Å². The molecular weight excluding hydrogens is 283 g/mol. The normalized spacial score (nSPS) is 25.4. The van der Waals surface area contributed by atoms with Crippen molar-refractivity contribution in [3.8, 4) is 0 Å². The molecule has 20 heavy (non-hydrogen) atoms. The Morgan fingerprint density at radius 2 is 1.80 bits per heavy atom. The third-order valence-corrected chi connectivity index (χ3v) is 5.02. The van der Waals surface area contributed by atoms with Crippen molar-refractivity contribution in [1.82, 2.24) is 5.32 Å². The van der Waals surface area contributed by atoms with E-state index in [4.69, 9.17) is 0 Å². The highest BCUT2D eigenvalue weighted by molar-refractivity contribution is 7.99. The summed E-state index contributed by atoms with van der Waals surface area (Å²) in [5.41, 5.74) is 0.297. The summed E-state index contributed by atoms with van der Waals surface area (Å²) < 4.78 is 40.0. The molecule has 2 rings (SSSR count). The van der Waals surface area contributed by atoms with Gasteiger partial charge in [-0.2, -0.15) is 24.9 Å². The van der Waals surface area contributed by atoms with Crippen LogP contribution >= 0.6 is 11.8 Å². The molecule has 1 saturated carbocycles. The van der Waals surface area contributed by atoms with Gasteiger partial charge in [0.2, 0.25) is 0 Å². The van der Waals surface area contributed by atoms with Crippen LogP contribution in [0.4, 0.5) is 13.2 Å². The first-order chi connectivity index (χ1) is 9.52. The van der Waals surface area contributed by atoms with Crippen LogP contribution in [0.25, 0.3) is 0 Å². The van der Waals surface area contributed by atoms with Crippen molar-refractivity contribution < 1.29 is 13.2 Å². The standard InChI is InChI=1S/C15H20F3NS/c1-20-13-10-6-5-9-12(13)19-14(15(16,17)18)11-7-3-2-4-8-11/h2-4,7-8,12-14,19H,5-6,9-10H2,1H3. The fourth-order valence-electron chi connectivity index (χ4n) is 2.81. The maximum atomic E-state index is 13.3. The minimum Gasteiger partial charge on any atom is -0.299 e. The third kappa shape index (κ3) is 3.92. The zero-order chi connectivity index (χ0) is 14.6.